The molecule has 4 aliphatic heterocycles. The maximum Gasteiger partial charge on any atom is 0.234 e. The van der Waals surface area contributed by atoms with Gasteiger partial charge in [0, 0.05) is 69.3 Å². The number of rotatable bonds is 5. The van der Waals surface area contributed by atoms with E-state index >= 15 is 0 Å². The Balaban J connectivity index is 1.01. The van der Waals surface area contributed by atoms with Crippen LogP contribution in [0.2, 0.25) is 0 Å². The second-order valence-electron chi connectivity index (χ2n) is 11.9. The lowest BCUT2D eigenvalue weighted by Gasteiger charge is -2.48. The van der Waals surface area contributed by atoms with Gasteiger partial charge in [-0.2, -0.15) is 0 Å². The third kappa shape index (κ3) is 5.92. The van der Waals surface area contributed by atoms with Crippen LogP contribution in [0.1, 0.15) is 50.0 Å². The first-order valence-electron chi connectivity index (χ1n) is 14.6. The predicted octanol–water partition coefficient (Wildman–Crippen LogP) is 3.38. The Morgan fingerprint density at radius 1 is 0.897 bits per heavy atom. The molecule has 4 fully saturated rings. The Bertz CT molecular complexity index is 1170. The molecule has 2 aromatic carbocycles. The van der Waals surface area contributed by atoms with E-state index in [-0.39, 0.29) is 23.3 Å². The van der Waals surface area contributed by atoms with Gasteiger partial charge in [-0.1, -0.05) is 12.1 Å². The molecule has 4 aliphatic rings. The van der Waals surface area contributed by atoms with E-state index in [0.717, 1.165) is 81.6 Å². The normalized spacial score (nSPS) is 24.7. The van der Waals surface area contributed by atoms with Gasteiger partial charge in [-0.25, -0.2) is 0 Å². The van der Waals surface area contributed by atoms with Gasteiger partial charge < -0.3 is 25.2 Å². The van der Waals surface area contributed by atoms with Crippen molar-refractivity contribution in [2.24, 2.45) is 5.92 Å². The Labute approximate surface area is 231 Å². The highest BCUT2D eigenvalue weighted by Crippen LogP contribution is 2.35. The molecule has 0 saturated carbocycles. The van der Waals surface area contributed by atoms with Crippen LogP contribution in [0.3, 0.4) is 0 Å². The van der Waals surface area contributed by atoms with Crippen LogP contribution >= 0.6 is 0 Å². The number of ether oxygens (including phenoxy) is 1. The number of nitrogen functional groups attached to an aromatic ring is 1. The molecule has 39 heavy (non-hydrogen) atoms. The van der Waals surface area contributed by atoms with Crippen LogP contribution in [0.25, 0.3) is 0 Å². The summed E-state index contributed by atoms with van der Waals surface area (Å²) in [6, 6.07) is 16.6. The smallest absolute Gasteiger partial charge is 0.234 e. The number of hydrogen-bond donors (Lipinski definition) is 2. The van der Waals surface area contributed by atoms with Crippen LogP contribution < -0.4 is 20.9 Å². The molecule has 8 nitrogen and oxygen atoms in total. The van der Waals surface area contributed by atoms with Crippen molar-refractivity contribution in [3.05, 3.63) is 54.1 Å². The fourth-order valence-corrected chi connectivity index (χ4v) is 6.88. The summed E-state index contributed by atoms with van der Waals surface area (Å²) in [6.45, 7) is 8.06. The fourth-order valence-electron chi connectivity index (χ4n) is 6.88. The Kier molecular flexibility index (Phi) is 7.49. The molecule has 2 aromatic rings. The van der Waals surface area contributed by atoms with Gasteiger partial charge >= 0.3 is 0 Å². The van der Waals surface area contributed by atoms with Crippen LogP contribution in [-0.2, 0) is 14.3 Å². The molecule has 4 heterocycles. The topological polar surface area (TPSA) is 91.1 Å². The molecule has 0 bridgehead atoms. The van der Waals surface area contributed by atoms with Gasteiger partial charge in [0.15, 0.2) is 0 Å². The molecule has 1 atom stereocenters. The zero-order valence-electron chi connectivity index (χ0n) is 22.8. The van der Waals surface area contributed by atoms with Crippen molar-refractivity contribution in [2.75, 3.05) is 68.0 Å². The fraction of sp³-hybridized carbons (Fsp3) is 0.548. The third-order valence-corrected chi connectivity index (χ3v) is 9.28. The number of amides is 2. The summed E-state index contributed by atoms with van der Waals surface area (Å²) >= 11 is 0. The number of nitrogens with zero attached hydrogens (tertiary/aromatic N) is 3. The zero-order valence-corrected chi connectivity index (χ0v) is 22.8. The van der Waals surface area contributed by atoms with E-state index in [1.807, 2.05) is 24.3 Å². The highest BCUT2D eigenvalue weighted by Gasteiger charge is 2.40. The number of anilines is 3. The lowest BCUT2D eigenvalue weighted by Crippen LogP contribution is -2.57. The monoisotopic (exact) mass is 531 g/mol. The summed E-state index contributed by atoms with van der Waals surface area (Å²) in [7, 11) is 0. The summed E-state index contributed by atoms with van der Waals surface area (Å²) in [5, 5.41) is 2.50. The van der Waals surface area contributed by atoms with Gasteiger partial charge in [-0.3, -0.25) is 14.9 Å². The molecule has 0 aromatic heterocycles. The minimum absolute atomic E-state index is 0.0993. The van der Waals surface area contributed by atoms with Crippen LogP contribution in [0.5, 0.6) is 0 Å². The number of carbonyl (C=O) groups excluding carboxylic acids is 2. The lowest BCUT2D eigenvalue weighted by atomic mass is 9.87. The Morgan fingerprint density at radius 3 is 2.41 bits per heavy atom. The van der Waals surface area contributed by atoms with Crippen molar-refractivity contribution in [1.82, 2.24) is 10.2 Å². The third-order valence-electron chi connectivity index (χ3n) is 9.28. The van der Waals surface area contributed by atoms with E-state index in [0.29, 0.717) is 12.8 Å². The average Bonchev–Trinajstić information content (AvgIpc) is 2.96. The predicted molar refractivity (Wildman–Crippen MR) is 154 cm³/mol. The van der Waals surface area contributed by atoms with Gasteiger partial charge in [-0.05, 0) is 80.0 Å². The maximum absolute atomic E-state index is 12.4. The molecule has 0 aliphatic carbocycles. The maximum atomic E-state index is 12.4. The summed E-state index contributed by atoms with van der Waals surface area (Å²) in [4.78, 5) is 31.6. The second-order valence-corrected chi connectivity index (χ2v) is 11.9. The first kappa shape index (κ1) is 26.1. The molecule has 2 amide bonds. The van der Waals surface area contributed by atoms with Crippen LogP contribution in [0.15, 0.2) is 48.5 Å². The number of piperidine rings is 3. The van der Waals surface area contributed by atoms with Crippen molar-refractivity contribution in [3.8, 4) is 0 Å². The molecule has 1 spiro atoms. The van der Waals surface area contributed by atoms with E-state index in [2.05, 4.69) is 44.3 Å². The second kappa shape index (κ2) is 11.2. The van der Waals surface area contributed by atoms with E-state index in [4.69, 9.17) is 10.5 Å². The minimum Gasteiger partial charge on any atom is -0.399 e. The quantitative estimate of drug-likeness (QED) is 0.452. The van der Waals surface area contributed by atoms with E-state index in [9.17, 15) is 9.59 Å². The standard InChI is InChI=1S/C31H41N5O3/c32-25-4-6-26(7-5-25)35-14-10-23(11-15-35)21-34-16-12-31(13-17-34)22-36(18-19-39-31)27-3-1-2-24(20-27)28-8-9-29(37)33-30(28)38/h1-7,20,23,28H,8-19,21-22,32H2,(H,33,37,38). The van der Waals surface area contributed by atoms with Crippen LogP contribution in [0.4, 0.5) is 17.1 Å². The van der Waals surface area contributed by atoms with Crippen LogP contribution in [0, 0.1) is 5.92 Å². The van der Waals surface area contributed by atoms with E-state index in [1.165, 1.54) is 25.1 Å². The van der Waals surface area contributed by atoms with Crippen molar-refractivity contribution in [3.63, 3.8) is 0 Å². The molecule has 1 unspecified atom stereocenters. The Hall–Kier alpha value is -3.10. The number of hydrogen-bond acceptors (Lipinski definition) is 7. The minimum atomic E-state index is -0.251. The average molecular weight is 532 g/mol. The summed E-state index contributed by atoms with van der Waals surface area (Å²) in [5.74, 6) is 0.157. The molecule has 4 saturated heterocycles. The highest BCUT2D eigenvalue weighted by atomic mass is 16.5. The summed E-state index contributed by atoms with van der Waals surface area (Å²) in [6.07, 6.45) is 5.57. The van der Waals surface area contributed by atoms with Crippen LogP contribution in [-0.4, -0.2) is 74.7 Å². The zero-order chi connectivity index (χ0) is 26.8. The number of nitrogens with one attached hydrogen (secondary N) is 1. The first-order valence-corrected chi connectivity index (χ1v) is 14.6. The SMILES string of the molecule is Nc1ccc(N2CCC(CN3CCC4(CC3)CN(c3cccc(C5CCC(=O)NC5=O)c3)CCO4)CC2)cc1. The van der Waals surface area contributed by atoms with Gasteiger partial charge in [0.05, 0.1) is 18.1 Å². The first-order chi connectivity index (χ1) is 19.0. The molecular formula is C31H41N5O3. The highest BCUT2D eigenvalue weighted by molar-refractivity contribution is 6.01. The molecule has 0 radical (unpaired) electrons. The number of carbonyl (C=O) groups is 2. The van der Waals surface area contributed by atoms with Crippen molar-refractivity contribution < 1.29 is 14.3 Å². The molecular weight excluding hydrogens is 490 g/mol. The molecule has 3 N–H and O–H groups in total. The Morgan fingerprint density at radius 2 is 1.67 bits per heavy atom. The summed E-state index contributed by atoms with van der Waals surface area (Å²) < 4.78 is 6.46. The van der Waals surface area contributed by atoms with Gasteiger partial charge in [0.25, 0.3) is 0 Å². The van der Waals surface area contributed by atoms with Crippen molar-refractivity contribution in [2.45, 2.75) is 50.0 Å². The lowest BCUT2D eigenvalue weighted by molar-refractivity contribution is -0.134. The van der Waals surface area contributed by atoms with Crippen molar-refractivity contribution in [1.29, 1.82) is 0 Å². The van der Waals surface area contributed by atoms with E-state index < -0.39 is 0 Å². The van der Waals surface area contributed by atoms with Gasteiger partial charge in [-0.15, -0.1) is 0 Å². The summed E-state index contributed by atoms with van der Waals surface area (Å²) in [5.41, 5.74) is 10.0. The molecule has 208 valence electrons. The van der Waals surface area contributed by atoms with Gasteiger partial charge in [0.2, 0.25) is 11.8 Å². The number of imide groups is 1. The number of morpholine rings is 1. The molecule has 6 rings (SSSR count). The number of likely N-dealkylation sites (tertiary alicyclic amines) is 1. The van der Waals surface area contributed by atoms with Crippen molar-refractivity contribution >= 4 is 28.9 Å². The number of benzene rings is 2. The number of nitrogens with two attached hydrogens (primary N) is 1. The largest absolute Gasteiger partial charge is 0.399 e. The molecule has 8 heteroatoms. The van der Waals surface area contributed by atoms with Gasteiger partial charge in [0.1, 0.15) is 0 Å². The van der Waals surface area contributed by atoms with E-state index in [1.54, 1.807) is 0 Å².